The summed E-state index contributed by atoms with van der Waals surface area (Å²) < 4.78 is 0. The van der Waals surface area contributed by atoms with E-state index in [1.54, 1.807) is 42.5 Å². The van der Waals surface area contributed by atoms with Gasteiger partial charge < -0.3 is 10.6 Å². The molecule has 0 bridgehead atoms. The summed E-state index contributed by atoms with van der Waals surface area (Å²) in [5.74, 6) is -1.12. The highest BCUT2D eigenvalue weighted by Gasteiger charge is 2.30. The topological polar surface area (TPSA) is 82.0 Å². The first kappa shape index (κ1) is 15.8. The molecule has 0 radical (unpaired) electrons. The molecule has 2 N–H and O–H groups in total. The number of carbonyl (C=O) groups excluding carboxylic acids is 2. The van der Waals surface area contributed by atoms with Gasteiger partial charge in [-0.15, -0.1) is 0 Å². The molecule has 0 fully saturated rings. The molecule has 0 aromatic heterocycles. The first-order chi connectivity index (χ1) is 11.5. The Kier molecular flexibility index (Phi) is 4.07. The molecule has 1 heterocycles. The van der Waals surface area contributed by atoms with E-state index >= 15 is 0 Å². The maximum atomic E-state index is 12.5. The highest BCUT2D eigenvalue weighted by atomic mass is 35.5. The normalized spacial score (nSPS) is 14.5. The van der Waals surface area contributed by atoms with E-state index < -0.39 is 11.8 Å². The van der Waals surface area contributed by atoms with Crippen molar-refractivity contribution >= 4 is 40.4 Å². The molecule has 0 saturated heterocycles. The summed E-state index contributed by atoms with van der Waals surface area (Å²) in [5, 5.41) is 15.2. The van der Waals surface area contributed by atoms with Gasteiger partial charge in [0, 0.05) is 22.0 Å². The Balaban J connectivity index is 1.99. The molecule has 2 aromatic carbocycles. The van der Waals surface area contributed by atoms with Crippen LogP contribution in [0.2, 0.25) is 5.02 Å². The predicted octanol–water partition coefficient (Wildman–Crippen LogP) is 3.52. The van der Waals surface area contributed by atoms with Crippen LogP contribution in [0.3, 0.4) is 0 Å². The van der Waals surface area contributed by atoms with Crippen LogP contribution in [0.4, 0.5) is 11.4 Å². The summed E-state index contributed by atoms with van der Waals surface area (Å²) in [6.45, 7) is 1.84. The number of nitrogens with one attached hydrogen (secondary N) is 2. The lowest BCUT2D eigenvalue weighted by Gasteiger charge is -2.07. The van der Waals surface area contributed by atoms with Gasteiger partial charge in [-0.1, -0.05) is 35.9 Å². The van der Waals surface area contributed by atoms with Crippen molar-refractivity contribution < 1.29 is 9.59 Å². The van der Waals surface area contributed by atoms with Crippen LogP contribution in [0.25, 0.3) is 5.57 Å². The van der Waals surface area contributed by atoms with Crippen LogP contribution >= 0.6 is 11.6 Å². The largest absolute Gasteiger partial charge is 0.321 e. The molecule has 3 rings (SSSR count). The zero-order valence-electron chi connectivity index (χ0n) is 12.7. The van der Waals surface area contributed by atoms with Crippen LogP contribution in [0.15, 0.2) is 48.0 Å². The number of nitrogens with zero attached hydrogens (tertiary/aromatic N) is 1. The fraction of sp³-hybridized carbons (Fsp3) is 0.0556. The SMILES string of the molecule is Cc1ccc(NC(=O)/C(C#N)=C2\C(=O)Nc3ccccc32)cc1Cl. The standard InChI is InChI=1S/C18H12ClN3O2/c1-10-6-7-11(8-14(10)19)21-17(23)13(9-20)16-12-4-2-3-5-15(12)22-18(16)24/h2-8H,1H3,(H,21,23)(H,22,24)/b16-13-. The van der Waals surface area contributed by atoms with Gasteiger partial charge in [0.05, 0.1) is 5.57 Å². The minimum absolute atomic E-state index is 0.0730. The Morgan fingerprint density at radius 1 is 1.25 bits per heavy atom. The summed E-state index contributed by atoms with van der Waals surface area (Å²) in [6, 6.07) is 13.8. The Bertz CT molecular complexity index is 942. The first-order valence-corrected chi connectivity index (χ1v) is 7.51. The van der Waals surface area contributed by atoms with E-state index in [9.17, 15) is 14.9 Å². The third-order valence-corrected chi connectivity index (χ3v) is 4.10. The fourth-order valence-electron chi connectivity index (χ4n) is 2.45. The maximum absolute atomic E-state index is 12.5. The van der Waals surface area contributed by atoms with E-state index in [0.717, 1.165) is 5.56 Å². The van der Waals surface area contributed by atoms with Gasteiger partial charge in [0.2, 0.25) is 0 Å². The number of fused-ring (bicyclic) bond motifs is 1. The molecule has 6 heteroatoms. The average molecular weight is 338 g/mol. The summed E-state index contributed by atoms with van der Waals surface area (Å²) >= 11 is 6.04. The number of rotatable bonds is 2. The van der Waals surface area contributed by atoms with Crippen LogP contribution in [0.1, 0.15) is 11.1 Å². The third-order valence-electron chi connectivity index (χ3n) is 3.69. The van der Waals surface area contributed by atoms with Crippen molar-refractivity contribution in [2.24, 2.45) is 0 Å². The molecule has 0 spiro atoms. The number of anilines is 2. The lowest BCUT2D eigenvalue weighted by atomic mass is 10.0. The van der Waals surface area contributed by atoms with Crippen molar-refractivity contribution in [3.63, 3.8) is 0 Å². The molecule has 0 aliphatic carbocycles. The van der Waals surface area contributed by atoms with Crippen molar-refractivity contribution in [1.82, 2.24) is 0 Å². The molecule has 2 amide bonds. The summed E-state index contributed by atoms with van der Waals surface area (Å²) in [7, 11) is 0. The van der Waals surface area contributed by atoms with Crippen LogP contribution in [0, 0.1) is 18.3 Å². The molecule has 2 aromatic rings. The van der Waals surface area contributed by atoms with Gasteiger partial charge >= 0.3 is 0 Å². The molecule has 1 aliphatic rings. The van der Waals surface area contributed by atoms with Crippen molar-refractivity contribution in [2.75, 3.05) is 10.6 Å². The monoisotopic (exact) mass is 337 g/mol. The number of amides is 2. The van der Waals surface area contributed by atoms with Crippen LogP contribution in [-0.4, -0.2) is 11.8 Å². The second kappa shape index (κ2) is 6.19. The number of carbonyl (C=O) groups is 2. The molecule has 5 nitrogen and oxygen atoms in total. The van der Waals surface area contributed by atoms with Crippen molar-refractivity contribution in [3.05, 3.63) is 64.2 Å². The van der Waals surface area contributed by atoms with Crippen molar-refractivity contribution in [3.8, 4) is 6.07 Å². The molecule has 0 atom stereocenters. The Morgan fingerprint density at radius 3 is 2.71 bits per heavy atom. The van der Waals surface area contributed by atoms with Gasteiger partial charge in [-0.25, -0.2) is 0 Å². The number of hydrogen-bond donors (Lipinski definition) is 2. The van der Waals surface area contributed by atoms with Crippen LogP contribution < -0.4 is 10.6 Å². The average Bonchev–Trinajstić information content (AvgIpc) is 2.88. The number of para-hydroxylation sites is 1. The van der Waals surface area contributed by atoms with Gasteiger partial charge in [0.25, 0.3) is 11.8 Å². The second-order valence-corrected chi connectivity index (χ2v) is 5.69. The maximum Gasteiger partial charge on any atom is 0.267 e. The number of benzene rings is 2. The summed E-state index contributed by atoms with van der Waals surface area (Å²) in [5.41, 5.74) is 2.28. The van der Waals surface area contributed by atoms with Crippen LogP contribution in [0.5, 0.6) is 0 Å². The molecular formula is C18H12ClN3O2. The number of halogens is 1. The van der Waals surface area contributed by atoms with E-state index in [1.807, 2.05) is 13.0 Å². The molecule has 1 aliphatic heterocycles. The smallest absolute Gasteiger partial charge is 0.267 e. The third kappa shape index (κ3) is 2.75. The molecular weight excluding hydrogens is 326 g/mol. The van der Waals surface area contributed by atoms with Gasteiger partial charge in [0.1, 0.15) is 11.6 Å². The molecule has 118 valence electrons. The van der Waals surface area contributed by atoms with E-state index in [0.29, 0.717) is 22.0 Å². The number of hydrogen-bond acceptors (Lipinski definition) is 3. The van der Waals surface area contributed by atoms with Crippen molar-refractivity contribution in [1.29, 1.82) is 5.26 Å². The summed E-state index contributed by atoms with van der Waals surface area (Å²) in [6.07, 6.45) is 0. The van der Waals surface area contributed by atoms with Crippen molar-refractivity contribution in [2.45, 2.75) is 6.92 Å². The second-order valence-electron chi connectivity index (χ2n) is 5.28. The number of nitriles is 1. The highest BCUT2D eigenvalue weighted by molar-refractivity contribution is 6.37. The molecule has 0 saturated carbocycles. The molecule has 24 heavy (non-hydrogen) atoms. The van der Waals surface area contributed by atoms with E-state index in [1.165, 1.54) is 0 Å². The minimum atomic E-state index is -0.653. The molecule has 0 unspecified atom stereocenters. The zero-order valence-corrected chi connectivity index (χ0v) is 13.4. The Labute approximate surface area is 143 Å². The van der Waals surface area contributed by atoms with E-state index in [2.05, 4.69) is 10.6 Å². The minimum Gasteiger partial charge on any atom is -0.321 e. The lowest BCUT2D eigenvalue weighted by molar-refractivity contribution is -0.113. The Morgan fingerprint density at radius 2 is 2.00 bits per heavy atom. The fourth-order valence-corrected chi connectivity index (χ4v) is 2.63. The van der Waals surface area contributed by atoms with Gasteiger partial charge in [-0.2, -0.15) is 5.26 Å². The van der Waals surface area contributed by atoms with Crippen LogP contribution in [-0.2, 0) is 9.59 Å². The van der Waals surface area contributed by atoms with E-state index in [4.69, 9.17) is 11.6 Å². The summed E-state index contributed by atoms with van der Waals surface area (Å²) in [4.78, 5) is 24.6. The predicted molar refractivity (Wildman–Crippen MR) is 92.4 cm³/mol. The first-order valence-electron chi connectivity index (χ1n) is 7.14. The van der Waals surface area contributed by atoms with Gasteiger partial charge in [-0.05, 0) is 30.7 Å². The Hall–Kier alpha value is -3.10. The zero-order chi connectivity index (χ0) is 17.3. The van der Waals surface area contributed by atoms with Gasteiger partial charge in [-0.3, -0.25) is 9.59 Å². The highest BCUT2D eigenvalue weighted by Crippen LogP contribution is 2.33. The van der Waals surface area contributed by atoms with Gasteiger partial charge in [0.15, 0.2) is 0 Å². The van der Waals surface area contributed by atoms with E-state index in [-0.39, 0.29) is 11.1 Å². The number of aryl methyl sites for hydroxylation is 1. The quantitative estimate of drug-likeness (QED) is 0.649. The lowest BCUT2D eigenvalue weighted by Crippen LogP contribution is -2.17.